The number of nitrogens with two attached hydrogens (primary N) is 1. The molecule has 1 aromatic carbocycles. The van der Waals surface area contributed by atoms with E-state index in [1.54, 1.807) is 26.8 Å². The van der Waals surface area contributed by atoms with Gasteiger partial charge < -0.3 is 20.7 Å². The molecule has 0 aliphatic rings. The van der Waals surface area contributed by atoms with Crippen LogP contribution in [0.25, 0.3) is 0 Å². The lowest BCUT2D eigenvalue weighted by Gasteiger charge is -2.35. The molecule has 0 saturated heterocycles. The summed E-state index contributed by atoms with van der Waals surface area (Å²) in [6.45, 7) is 11.3. The smallest absolute Gasteiger partial charge is 0.311 e. The molecule has 0 aliphatic heterocycles. The number of phenols is 2. The van der Waals surface area contributed by atoms with Gasteiger partial charge >= 0.3 is 5.97 Å². The highest BCUT2D eigenvalue weighted by Gasteiger charge is 2.34. The van der Waals surface area contributed by atoms with Crippen molar-refractivity contribution in [1.82, 2.24) is 0 Å². The number of carbonyl (C=O) groups is 1. The lowest BCUT2D eigenvalue weighted by Crippen LogP contribution is -2.49. The van der Waals surface area contributed by atoms with E-state index >= 15 is 0 Å². The summed E-state index contributed by atoms with van der Waals surface area (Å²) in [5, 5.41) is 19.0. The number of ether oxygens (including phenoxy) is 1. The van der Waals surface area contributed by atoms with E-state index in [4.69, 9.17) is 10.5 Å². The molecule has 0 heterocycles. The van der Waals surface area contributed by atoms with Gasteiger partial charge in [0.15, 0.2) is 11.5 Å². The minimum Gasteiger partial charge on any atom is -0.504 e. The molecule has 1 aromatic rings. The normalized spacial score (nSPS) is 15.1. The number of aromatic hydroxyl groups is 2. The van der Waals surface area contributed by atoms with Crippen LogP contribution in [0.3, 0.4) is 0 Å². The van der Waals surface area contributed by atoms with Crippen LogP contribution in [0, 0.1) is 10.8 Å². The molecule has 5 heteroatoms. The summed E-state index contributed by atoms with van der Waals surface area (Å²) in [6, 6.07) is 4.19. The van der Waals surface area contributed by atoms with Crippen molar-refractivity contribution in [3.63, 3.8) is 0 Å². The Kier molecular flexibility index (Phi) is 5.69. The molecule has 0 fully saturated rings. The van der Waals surface area contributed by atoms with Crippen molar-refractivity contribution >= 4 is 5.97 Å². The van der Waals surface area contributed by atoms with Gasteiger partial charge in [0.1, 0.15) is 6.10 Å². The van der Waals surface area contributed by atoms with Gasteiger partial charge in [0, 0.05) is 12.5 Å². The lowest BCUT2D eigenvalue weighted by molar-refractivity contribution is -0.161. The Balaban J connectivity index is 3.04. The van der Waals surface area contributed by atoms with Crippen LogP contribution in [0.1, 0.15) is 47.1 Å². The van der Waals surface area contributed by atoms with E-state index in [0.29, 0.717) is 6.42 Å². The number of esters is 1. The van der Waals surface area contributed by atoms with Gasteiger partial charge in [-0.25, -0.2) is 0 Å². The van der Waals surface area contributed by atoms with Crippen LogP contribution in [-0.4, -0.2) is 28.3 Å². The number of hydrogen-bond donors (Lipinski definition) is 3. The van der Waals surface area contributed by atoms with E-state index in [1.165, 1.54) is 12.1 Å². The largest absolute Gasteiger partial charge is 0.504 e. The molecule has 2 unspecified atom stereocenters. The van der Waals surface area contributed by atoms with Crippen LogP contribution in [0.4, 0.5) is 0 Å². The van der Waals surface area contributed by atoms with Crippen molar-refractivity contribution in [2.45, 2.75) is 60.1 Å². The van der Waals surface area contributed by atoms with Crippen LogP contribution in [-0.2, 0) is 16.0 Å². The third-order valence-corrected chi connectivity index (χ3v) is 3.75. The molecule has 0 spiro atoms. The zero-order valence-corrected chi connectivity index (χ0v) is 14.9. The van der Waals surface area contributed by atoms with E-state index in [1.807, 2.05) is 20.8 Å². The summed E-state index contributed by atoms with van der Waals surface area (Å²) in [5.41, 5.74) is 6.19. The van der Waals surface area contributed by atoms with Crippen molar-refractivity contribution in [2.24, 2.45) is 16.6 Å². The van der Waals surface area contributed by atoms with E-state index in [-0.39, 0.29) is 28.9 Å². The minimum absolute atomic E-state index is 0.183. The van der Waals surface area contributed by atoms with Gasteiger partial charge in [-0.1, -0.05) is 26.8 Å². The zero-order valence-electron chi connectivity index (χ0n) is 14.9. The Morgan fingerprint density at radius 2 is 1.70 bits per heavy atom. The fourth-order valence-electron chi connectivity index (χ4n) is 2.04. The van der Waals surface area contributed by atoms with Crippen molar-refractivity contribution < 1.29 is 19.7 Å². The number of rotatable bonds is 4. The highest BCUT2D eigenvalue weighted by Crippen LogP contribution is 2.29. The number of phenolic OH excluding ortho intramolecular Hbond substituents is 2. The number of hydrogen-bond acceptors (Lipinski definition) is 5. The second-order valence-corrected chi connectivity index (χ2v) is 8.11. The van der Waals surface area contributed by atoms with Crippen LogP contribution < -0.4 is 5.73 Å². The number of carbonyl (C=O) groups excluding carboxylic acids is 1. The summed E-state index contributed by atoms with van der Waals surface area (Å²) < 4.78 is 5.67. The Labute approximate surface area is 138 Å². The lowest BCUT2D eigenvalue weighted by atomic mass is 9.82. The first kappa shape index (κ1) is 19.3. The van der Waals surface area contributed by atoms with Gasteiger partial charge in [-0.15, -0.1) is 0 Å². The monoisotopic (exact) mass is 323 g/mol. The van der Waals surface area contributed by atoms with Gasteiger partial charge in [-0.2, -0.15) is 0 Å². The maximum absolute atomic E-state index is 12.3. The average molecular weight is 323 g/mol. The maximum Gasteiger partial charge on any atom is 0.311 e. The first-order chi connectivity index (χ1) is 10.3. The topological polar surface area (TPSA) is 92.8 Å². The highest BCUT2D eigenvalue weighted by atomic mass is 16.5. The van der Waals surface area contributed by atoms with Crippen LogP contribution in [0.15, 0.2) is 18.2 Å². The summed E-state index contributed by atoms with van der Waals surface area (Å²) in [5.74, 6) is -0.699. The van der Waals surface area contributed by atoms with Crippen molar-refractivity contribution in [1.29, 1.82) is 0 Å². The summed E-state index contributed by atoms with van der Waals surface area (Å²) >= 11 is 0. The second-order valence-electron chi connectivity index (χ2n) is 8.11. The third kappa shape index (κ3) is 5.43. The SMILES string of the molecule is CC(C)(C)C(=O)OC(Cc1ccc(O)c(O)c1)C(N)C(C)(C)C. The molecule has 0 aromatic heterocycles. The van der Waals surface area contributed by atoms with E-state index < -0.39 is 11.5 Å². The molecule has 4 N–H and O–H groups in total. The Morgan fingerprint density at radius 3 is 2.13 bits per heavy atom. The van der Waals surface area contributed by atoms with Gasteiger partial charge in [0.05, 0.1) is 5.41 Å². The minimum atomic E-state index is -0.618. The molecule has 0 bridgehead atoms. The number of benzene rings is 1. The third-order valence-electron chi connectivity index (χ3n) is 3.75. The molecule has 0 aliphatic carbocycles. The summed E-state index contributed by atoms with van der Waals surface area (Å²) in [6.07, 6.45) is -0.153. The fraction of sp³-hybridized carbons (Fsp3) is 0.611. The Bertz CT molecular complexity index is 555. The molecule has 0 saturated carbocycles. The predicted molar refractivity (Wildman–Crippen MR) is 90.2 cm³/mol. The molecule has 0 amide bonds. The predicted octanol–water partition coefficient (Wildman–Crippen LogP) is 2.97. The van der Waals surface area contributed by atoms with Crippen molar-refractivity contribution in [3.8, 4) is 11.5 Å². The maximum atomic E-state index is 12.3. The van der Waals surface area contributed by atoms with Crippen LogP contribution >= 0.6 is 0 Å². The van der Waals surface area contributed by atoms with Crippen molar-refractivity contribution in [3.05, 3.63) is 23.8 Å². The Hall–Kier alpha value is -1.75. The zero-order chi connectivity index (χ0) is 18.0. The quantitative estimate of drug-likeness (QED) is 0.585. The molecule has 2 atom stereocenters. The molecular weight excluding hydrogens is 294 g/mol. The highest BCUT2D eigenvalue weighted by molar-refractivity contribution is 5.75. The van der Waals surface area contributed by atoms with E-state index in [9.17, 15) is 15.0 Å². The van der Waals surface area contributed by atoms with Gasteiger partial charge in [0.25, 0.3) is 0 Å². The standard InChI is InChI=1S/C18H29NO4/c1-17(2,3)15(19)14(23-16(22)18(4,5)6)10-11-7-8-12(20)13(21)9-11/h7-9,14-15,20-21H,10,19H2,1-6H3. The van der Waals surface area contributed by atoms with Crippen molar-refractivity contribution in [2.75, 3.05) is 0 Å². The molecule has 5 nitrogen and oxygen atoms in total. The van der Waals surface area contributed by atoms with Crippen LogP contribution in [0.5, 0.6) is 11.5 Å². The average Bonchev–Trinajstić information content (AvgIpc) is 2.39. The molecule has 1 rings (SSSR count). The van der Waals surface area contributed by atoms with Gasteiger partial charge in [0.2, 0.25) is 0 Å². The molecular formula is C18H29NO4. The second kappa shape index (κ2) is 6.79. The van der Waals surface area contributed by atoms with Crippen LogP contribution in [0.2, 0.25) is 0 Å². The van der Waals surface area contributed by atoms with E-state index in [2.05, 4.69) is 0 Å². The van der Waals surface area contributed by atoms with Gasteiger partial charge in [-0.3, -0.25) is 4.79 Å². The molecule has 0 radical (unpaired) electrons. The van der Waals surface area contributed by atoms with Gasteiger partial charge in [-0.05, 0) is 43.9 Å². The van der Waals surface area contributed by atoms with E-state index in [0.717, 1.165) is 5.56 Å². The Morgan fingerprint density at radius 1 is 1.13 bits per heavy atom. The molecule has 130 valence electrons. The summed E-state index contributed by atoms with van der Waals surface area (Å²) in [7, 11) is 0. The fourth-order valence-corrected chi connectivity index (χ4v) is 2.04. The first-order valence-corrected chi connectivity index (χ1v) is 7.80. The summed E-state index contributed by atoms with van der Waals surface area (Å²) in [4.78, 5) is 12.3. The molecule has 23 heavy (non-hydrogen) atoms. The first-order valence-electron chi connectivity index (χ1n) is 7.80.